The molecule has 5 nitrogen and oxygen atoms in total. The predicted molar refractivity (Wildman–Crippen MR) is 58.2 cm³/mol. The molecule has 0 spiro atoms. The molecule has 0 radical (unpaired) electrons. The molecule has 0 aliphatic rings. The molecule has 0 bridgehead atoms. The van der Waals surface area contributed by atoms with E-state index in [1.165, 1.54) is 0 Å². The van der Waals surface area contributed by atoms with Gasteiger partial charge >= 0.3 is 5.97 Å². The Bertz CT molecular complexity index is 533. The van der Waals surface area contributed by atoms with Crippen molar-refractivity contribution in [2.24, 2.45) is 5.92 Å². The molecule has 84 valence electrons. The van der Waals surface area contributed by atoms with E-state index >= 15 is 0 Å². The molecule has 1 atom stereocenters. The number of aliphatic carboxylic acids is 1. The summed E-state index contributed by atoms with van der Waals surface area (Å²) < 4.78 is 1.70. The molecule has 2 aromatic heterocycles. The lowest BCUT2D eigenvalue weighted by atomic mass is 10.1. The molecule has 0 aliphatic heterocycles. The first-order chi connectivity index (χ1) is 7.59. The number of aromatic nitrogens is 3. The summed E-state index contributed by atoms with van der Waals surface area (Å²) in [6.45, 7) is 3.57. The van der Waals surface area contributed by atoms with Crippen molar-refractivity contribution in [3.63, 3.8) is 0 Å². The highest BCUT2D eigenvalue weighted by atomic mass is 16.4. The molecule has 0 fully saturated rings. The van der Waals surface area contributed by atoms with Gasteiger partial charge in [-0.2, -0.15) is 0 Å². The van der Waals surface area contributed by atoms with Crippen LogP contribution in [0.4, 0.5) is 0 Å². The number of hydrogen-bond donors (Lipinski definition) is 1. The molecule has 0 aromatic carbocycles. The van der Waals surface area contributed by atoms with Gasteiger partial charge in [0.05, 0.1) is 17.1 Å². The van der Waals surface area contributed by atoms with E-state index in [9.17, 15) is 4.79 Å². The first kappa shape index (κ1) is 10.6. The minimum atomic E-state index is -0.797. The summed E-state index contributed by atoms with van der Waals surface area (Å²) in [5.74, 6) is -1.22. The molecule has 0 saturated carbocycles. The quantitative estimate of drug-likeness (QED) is 0.844. The molecule has 0 aliphatic carbocycles. The van der Waals surface area contributed by atoms with Crippen LogP contribution in [0.1, 0.15) is 18.3 Å². The van der Waals surface area contributed by atoms with E-state index in [1.54, 1.807) is 11.4 Å². The van der Waals surface area contributed by atoms with Crippen molar-refractivity contribution >= 4 is 11.5 Å². The molecule has 5 heteroatoms. The van der Waals surface area contributed by atoms with E-state index in [-0.39, 0.29) is 0 Å². The van der Waals surface area contributed by atoms with E-state index in [4.69, 9.17) is 5.11 Å². The van der Waals surface area contributed by atoms with Gasteiger partial charge in [-0.25, -0.2) is 4.52 Å². The van der Waals surface area contributed by atoms with Crippen molar-refractivity contribution < 1.29 is 9.90 Å². The van der Waals surface area contributed by atoms with Crippen molar-refractivity contribution in [2.75, 3.05) is 0 Å². The molecule has 0 amide bonds. The Morgan fingerprint density at radius 3 is 3.00 bits per heavy atom. The number of pyridine rings is 1. The van der Waals surface area contributed by atoms with Gasteiger partial charge < -0.3 is 5.11 Å². The maximum absolute atomic E-state index is 10.8. The van der Waals surface area contributed by atoms with Gasteiger partial charge in [0.2, 0.25) is 0 Å². The van der Waals surface area contributed by atoms with Crippen molar-refractivity contribution in [2.45, 2.75) is 20.3 Å². The van der Waals surface area contributed by atoms with Crippen molar-refractivity contribution in [1.82, 2.24) is 14.8 Å². The topological polar surface area (TPSA) is 67.5 Å². The second-order valence-corrected chi connectivity index (χ2v) is 3.93. The molecule has 1 N–H and O–H groups in total. The van der Waals surface area contributed by atoms with Crippen LogP contribution in [0.2, 0.25) is 0 Å². The van der Waals surface area contributed by atoms with Crippen LogP contribution < -0.4 is 0 Å². The second kappa shape index (κ2) is 3.92. The van der Waals surface area contributed by atoms with Crippen molar-refractivity contribution in [1.29, 1.82) is 0 Å². The molecule has 2 rings (SSSR count). The van der Waals surface area contributed by atoms with Gasteiger partial charge in [0.15, 0.2) is 0 Å². The minimum Gasteiger partial charge on any atom is -0.481 e. The highest BCUT2D eigenvalue weighted by Crippen LogP contribution is 2.13. The van der Waals surface area contributed by atoms with E-state index in [0.717, 1.165) is 16.9 Å². The van der Waals surface area contributed by atoms with E-state index < -0.39 is 11.9 Å². The zero-order valence-electron chi connectivity index (χ0n) is 9.21. The second-order valence-electron chi connectivity index (χ2n) is 3.93. The standard InChI is InChI=1S/C11H13N3O2/c1-7(11(15)16)6-9-4-3-5-10-8(2)12-13-14(9)10/h3-5,7H,6H2,1-2H3,(H,15,16). The third-order valence-electron chi connectivity index (χ3n) is 2.63. The molecule has 0 saturated heterocycles. The Balaban J connectivity index is 2.41. The molecular weight excluding hydrogens is 206 g/mol. The van der Waals surface area contributed by atoms with Crippen LogP contribution in [0.5, 0.6) is 0 Å². The largest absolute Gasteiger partial charge is 0.481 e. The van der Waals surface area contributed by atoms with Crippen LogP contribution in [-0.4, -0.2) is 25.9 Å². The van der Waals surface area contributed by atoms with Crippen LogP contribution in [-0.2, 0) is 11.2 Å². The Labute approximate surface area is 92.7 Å². The molecule has 2 heterocycles. The lowest BCUT2D eigenvalue weighted by molar-refractivity contribution is -0.141. The Kier molecular flexibility index (Phi) is 2.60. The fraction of sp³-hybridized carbons (Fsp3) is 0.364. The Morgan fingerprint density at radius 2 is 2.31 bits per heavy atom. The number of nitrogens with zero attached hydrogens (tertiary/aromatic N) is 3. The van der Waals surface area contributed by atoms with Gasteiger partial charge in [0.1, 0.15) is 0 Å². The summed E-state index contributed by atoms with van der Waals surface area (Å²) in [5.41, 5.74) is 2.65. The molecular formula is C11H13N3O2. The number of carbonyl (C=O) groups is 1. The van der Waals surface area contributed by atoms with E-state index in [2.05, 4.69) is 10.3 Å². The third kappa shape index (κ3) is 1.76. The normalized spacial score (nSPS) is 12.9. The van der Waals surface area contributed by atoms with Gasteiger partial charge in [0.25, 0.3) is 0 Å². The fourth-order valence-corrected chi connectivity index (χ4v) is 1.64. The monoisotopic (exact) mass is 219 g/mol. The summed E-state index contributed by atoms with van der Waals surface area (Å²) in [6, 6.07) is 5.69. The van der Waals surface area contributed by atoms with Gasteiger partial charge in [-0.15, -0.1) is 5.10 Å². The fourth-order valence-electron chi connectivity index (χ4n) is 1.64. The Morgan fingerprint density at radius 1 is 1.56 bits per heavy atom. The van der Waals surface area contributed by atoms with Gasteiger partial charge in [-0.05, 0) is 19.1 Å². The summed E-state index contributed by atoms with van der Waals surface area (Å²) in [5, 5.41) is 16.9. The first-order valence-electron chi connectivity index (χ1n) is 5.12. The molecule has 1 unspecified atom stereocenters. The predicted octanol–water partition coefficient (Wildman–Crippen LogP) is 1.30. The first-order valence-corrected chi connectivity index (χ1v) is 5.12. The maximum Gasteiger partial charge on any atom is 0.306 e. The zero-order chi connectivity index (χ0) is 11.7. The minimum absolute atomic E-state index is 0.421. The van der Waals surface area contributed by atoms with Crippen LogP contribution in [0.3, 0.4) is 0 Å². The van der Waals surface area contributed by atoms with E-state index in [1.807, 2.05) is 25.1 Å². The van der Waals surface area contributed by atoms with Crippen molar-refractivity contribution in [3.05, 3.63) is 29.6 Å². The summed E-state index contributed by atoms with van der Waals surface area (Å²) in [4.78, 5) is 10.8. The van der Waals surface area contributed by atoms with Crippen molar-refractivity contribution in [3.8, 4) is 0 Å². The van der Waals surface area contributed by atoms with Crippen LogP contribution in [0.25, 0.3) is 5.52 Å². The lowest BCUT2D eigenvalue weighted by Gasteiger charge is -2.07. The highest BCUT2D eigenvalue weighted by Gasteiger charge is 2.14. The lowest BCUT2D eigenvalue weighted by Crippen LogP contribution is -2.14. The number of hydrogen-bond acceptors (Lipinski definition) is 3. The number of fused-ring (bicyclic) bond motifs is 1. The van der Waals surface area contributed by atoms with Gasteiger partial charge in [-0.1, -0.05) is 18.2 Å². The van der Waals surface area contributed by atoms with Gasteiger partial charge in [0, 0.05) is 12.1 Å². The summed E-state index contributed by atoms with van der Waals surface area (Å²) in [7, 11) is 0. The number of aryl methyl sites for hydroxylation is 1. The van der Waals surface area contributed by atoms with Crippen LogP contribution in [0, 0.1) is 12.8 Å². The molecule has 16 heavy (non-hydrogen) atoms. The zero-order valence-corrected chi connectivity index (χ0v) is 9.21. The number of rotatable bonds is 3. The average Bonchev–Trinajstić information content (AvgIpc) is 2.62. The smallest absolute Gasteiger partial charge is 0.306 e. The SMILES string of the molecule is Cc1nnn2c(CC(C)C(=O)O)cccc12. The third-order valence-corrected chi connectivity index (χ3v) is 2.63. The molecule has 2 aromatic rings. The number of carboxylic acids is 1. The van der Waals surface area contributed by atoms with E-state index in [0.29, 0.717) is 6.42 Å². The van der Waals surface area contributed by atoms with Crippen LogP contribution in [0.15, 0.2) is 18.2 Å². The average molecular weight is 219 g/mol. The maximum atomic E-state index is 10.8. The Hall–Kier alpha value is -1.91. The number of carboxylic acid groups (broad SMARTS) is 1. The van der Waals surface area contributed by atoms with Gasteiger partial charge in [-0.3, -0.25) is 4.79 Å². The summed E-state index contributed by atoms with van der Waals surface area (Å²) in [6.07, 6.45) is 0.454. The van der Waals surface area contributed by atoms with Crippen LogP contribution >= 0.6 is 0 Å². The summed E-state index contributed by atoms with van der Waals surface area (Å²) >= 11 is 0. The highest BCUT2D eigenvalue weighted by molar-refractivity contribution is 5.69.